The minimum atomic E-state index is -0.513. The van der Waals surface area contributed by atoms with Crippen molar-refractivity contribution in [2.24, 2.45) is 0 Å². The van der Waals surface area contributed by atoms with Gasteiger partial charge in [-0.15, -0.1) is 0 Å². The first-order chi connectivity index (χ1) is 11.7. The number of aliphatic hydroxyl groups is 2. The van der Waals surface area contributed by atoms with Gasteiger partial charge in [-0.05, 0) is 22.3 Å². The highest BCUT2D eigenvalue weighted by atomic mass is 16.3. The molecule has 3 rings (SSSR count). The minimum absolute atomic E-state index is 0.513. The Labute approximate surface area is 143 Å². The van der Waals surface area contributed by atoms with E-state index < -0.39 is 12.2 Å². The van der Waals surface area contributed by atoms with E-state index in [2.05, 4.69) is 6.07 Å². The Bertz CT molecular complexity index is 690. The Kier molecular flexibility index (Phi) is 5.42. The highest BCUT2D eigenvalue weighted by Crippen LogP contribution is 2.22. The molecule has 2 heteroatoms. The van der Waals surface area contributed by atoms with Crippen molar-refractivity contribution in [2.45, 2.75) is 25.0 Å². The number of aliphatic hydroxyl groups excluding tert-OH is 2. The Balaban J connectivity index is 1.68. The van der Waals surface area contributed by atoms with Gasteiger partial charge in [-0.3, -0.25) is 0 Å². The summed E-state index contributed by atoms with van der Waals surface area (Å²) in [6.07, 6.45) is 0.111. The van der Waals surface area contributed by atoms with Gasteiger partial charge in [0.05, 0.1) is 12.2 Å². The first kappa shape index (κ1) is 16.4. The average Bonchev–Trinajstić information content (AvgIpc) is 2.63. The van der Waals surface area contributed by atoms with Gasteiger partial charge in [0, 0.05) is 12.8 Å². The van der Waals surface area contributed by atoms with Gasteiger partial charge in [0.1, 0.15) is 0 Å². The van der Waals surface area contributed by atoms with Gasteiger partial charge >= 0.3 is 0 Å². The minimum Gasteiger partial charge on any atom is -0.388 e. The van der Waals surface area contributed by atoms with E-state index in [-0.39, 0.29) is 0 Å². The zero-order chi connectivity index (χ0) is 16.8. The number of rotatable bonds is 6. The van der Waals surface area contributed by atoms with E-state index in [1.807, 2.05) is 78.9 Å². The largest absolute Gasteiger partial charge is 0.388 e. The summed E-state index contributed by atoms with van der Waals surface area (Å²) in [6.45, 7) is 0. The molecule has 0 amide bonds. The zero-order valence-electron chi connectivity index (χ0n) is 13.5. The highest BCUT2D eigenvalue weighted by molar-refractivity contribution is 5.28. The van der Waals surface area contributed by atoms with E-state index >= 15 is 0 Å². The van der Waals surface area contributed by atoms with Gasteiger partial charge in [0.2, 0.25) is 0 Å². The number of hydrogen-bond donors (Lipinski definition) is 2. The third-order valence-corrected chi connectivity index (χ3v) is 4.22. The first-order valence-corrected chi connectivity index (χ1v) is 8.26. The molecule has 0 aromatic heterocycles. The fourth-order valence-electron chi connectivity index (χ4n) is 2.92. The summed E-state index contributed by atoms with van der Waals surface area (Å²) in [5.74, 6) is 0. The third kappa shape index (κ3) is 4.31. The summed E-state index contributed by atoms with van der Waals surface area (Å²) < 4.78 is 0. The maximum atomic E-state index is 10.4. The summed E-state index contributed by atoms with van der Waals surface area (Å²) in [5.41, 5.74) is 3.99. The van der Waals surface area contributed by atoms with Crippen molar-refractivity contribution in [3.05, 3.63) is 107 Å². The van der Waals surface area contributed by atoms with Crippen molar-refractivity contribution in [1.29, 1.82) is 0 Å². The van der Waals surface area contributed by atoms with Crippen LogP contribution < -0.4 is 0 Å². The smallest absolute Gasteiger partial charge is 0.0830 e. The van der Waals surface area contributed by atoms with Crippen molar-refractivity contribution in [3.8, 4) is 0 Å². The zero-order valence-corrected chi connectivity index (χ0v) is 13.5. The molecule has 2 nitrogen and oxygen atoms in total. The summed E-state index contributed by atoms with van der Waals surface area (Å²) in [7, 11) is 0. The predicted molar refractivity (Wildman–Crippen MR) is 96.7 cm³/mol. The monoisotopic (exact) mass is 318 g/mol. The van der Waals surface area contributed by atoms with Gasteiger partial charge in [-0.25, -0.2) is 0 Å². The van der Waals surface area contributed by atoms with Gasteiger partial charge in [-0.1, -0.05) is 84.9 Å². The molecule has 0 spiro atoms. The third-order valence-electron chi connectivity index (χ3n) is 4.22. The Morgan fingerprint density at radius 2 is 0.958 bits per heavy atom. The molecule has 0 bridgehead atoms. The van der Waals surface area contributed by atoms with Crippen molar-refractivity contribution in [2.75, 3.05) is 0 Å². The second kappa shape index (κ2) is 7.91. The van der Waals surface area contributed by atoms with Gasteiger partial charge in [-0.2, -0.15) is 0 Å². The lowest BCUT2D eigenvalue weighted by Gasteiger charge is -2.14. The molecule has 122 valence electrons. The first-order valence-electron chi connectivity index (χ1n) is 8.26. The number of hydrogen-bond acceptors (Lipinski definition) is 2. The molecule has 2 unspecified atom stereocenters. The normalized spacial score (nSPS) is 13.4. The van der Waals surface area contributed by atoms with Crippen LogP contribution in [0.1, 0.15) is 34.5 Å². The van der Waals surface area contributed by atoms with Crippen molar-refractivity contribution in [1.82, 2.24) is 0 Å². The topological polar surface area (TPSA) is 40.5 Å². The van der Waals surface area contributed by atoms with Gasteiger partial charge in [0.25, 0.3) is 0 Å². The lowest BCUT2D eigenvalue weighted by atomic mass is 9.97. The summed E-state index contributed by atoms with van der Waals surface area (Å²) in [6, 6.07) is 27.5. The van der Waals surface area contributed by atoms with E-state index in [0.717, 1.165) is 22.3 Å². The molecular formula is C22H22O2. The molecule has 0 saturated heterocycles. The molecular weight excluding hydrogens is 296 g/mol. The summed E-state index contributed by atoms with van der Waals surface area (Å²) >= 11 is 0. The second-order valence-electron chi connectivity index (χ2n) is 6.08. The predicted octanol–water partition coefficient (Wildman–Crippen LogP) is 4.24. The average molecular weight is 318 g/mol. The van der Waals surface area contributed by atoms with Crippen LogP contribution in [0.5, 0.6) is 0 Å². The van der Waals surface area contributed by atoms with E-state index in [4.69, 9.17) is 0 Å². The van der Waals surface area contributed by atoms with Crippen LogP contribution in [0.25, 0.3) is 0 Å². The second-order valence-corrected chi connectivity index (χ2v) is 6.08. The molecule has 0 radical (unpaired) electrons. The van der Waals surface area contributed by atoms with Crippen LogP contribution in [-0.2, 0) is 12.8 Å². The lowest BCUT2D eigenvalue weighted by molar-refractivity contribution is 0.177. The van der Waals surface area contributed by atoms with Gasteiger partial charge in [0.15, 0.2) is 0 Å². The summed E-state index contributed by atoms with van der Waals surface area (Å²) in [5, 5.41) is 20.8. The Hall–Kier alpha value is -2.42. The SMILES string of the molecule is OC(Cc1cccc(CC(O)c2ccccc2)c1)c1ccccc1. The molecule has 0 aliphatic heterocycles. The van der Waals surface area contributed by atoms with Crippen LogP contribution in [0.2, 0.25) is 0 Å². The molecule has 3 aromatic rings. The highest BCUT2D eigenvalue weighted by Gasteiger charge is 2.11. The van der Waals surface area contributed by atoms with Crippen LogP contribution in [0.15, 0.2) is 84.9 Å². The quantitative estimate of drug-likeness (QED) is 0.714. The molecule has 2 atom stereocenters. The molecule has 0 saturated carbocycles. The number of benzene rings is 3. The molecule has 3 aromatic carbocycles. The lowest BCUT2D eigenvalue weighted by Crippen LogP contribution is -2.04. The Morgan fingerprint density at radius 3 is 1.38 bits per heavy atom. The fourth-order valence-corrected chi connectivity index (χ4v) is 2.92. The van der Waals surface area contributed by atoms with Crippen molar-refractivity contribution >= 4 is 0 Å². The van der Waals surface area contributed by atoms with Crippen LogP contribution in [-0.4, -0.2) is 10.2 Å². The molecule has 2 N–H and O–H groups in total. The van der Waals surface area contributed by atoms with Crippen molar-refractivity contribution < 1.29 is 10.2 Å². The van der Waals surface area contributed by atoms with E-state index in [1.54, 1.807) is 0 Å². The van der Waals surface area contributed by atoms with Gasteiger partial charge < -0.3 is 10.2 Å². The summed E-state index contributed by atoms with van der Waals surface area (Å²) in [4.78, 5) is 0. The van der Waals surface area contributed by atoms with E-state index in [1.165, 1.54) is 0 Å². The van der Waals surface area contributed by atoms with Crippen LogP contribution in [0.4, 0.5) is 0 Å². The maximum Gasteiger partial charge on any atom is 0.0830 e. The molecule has 24 heavy (non-hydrogen) atoms. The van der Waals surface area contributed by atoms with Crippen LogP contribution >= 0.6 is 0 Å². The fraction of sp³-hybridized carbons (Fsp3) is 0.182. The van der Waals surface area contributed by atoms with Crippen LogP contribution in [0, 0.1) is 0 Å². The molecule has 0 aliphatic rings. The Morgan fingerprint density at radius 1 is 0.542 bits per heavy atom. The van der Waals surface area contributed by atoms with E-state index in [0.29, 0.717) is 12.8 Å². The molecule has 0 aliphatic carbocycles. The van der Waals surface area contributed by atoms with E-state index in [9.17, 15) is 10.2 Å². The maximum absolute atomic E-state index is 10.4. The molecule has 0 heterocycles. The molecule has 0 fully saturated rings. The van der Waals surface area contributed by atoms with Crippen LogP contribution in [0.3, 0.4) is 0 Å². The van der Waals surface area contributed by atoms with Crippen molar-refractivity contribution in [3.63, 3.8) is 0 Å². The standard InChI is InChI=1S/C22H22O2/c23-21(19-10-3-1-4-11-19)15-17-8-7-9-18(14-17)16-22(24)20-12-5-2-6-13-20/h1-14,21-24H,15-16H2.